The standard InChI is InChI=1S/C16H16N2/c1-11-4-7-16-17-15(10-18(16)9-11)14-6-5-12(2)13(3)8-14/h4-10H,1-3H3. The lowest BCUT2D eigenvalue weighted by atomic mass is 10.1. The second-order valence-electron chi connectivity index (χ2n) is 4.90. The largest absolute Gasteiger partial charge is 0.306 e. The Morgan fingerprint density at radius 3 is 2.50 bits per heavy atom. The predicted octanol–water partition coefficient (Wildman–Crippen LogP) is 3.93. The fourth-order valence-electron chi connectivity index (χ4n) is 2.14. The van der Waals surface area contributed by atoms with Crippen molar-refractivity contribution in [1.82, 2.24) is 9.38 Å². The van der Waals surface area contributed by atoms with E-state index in [9.17, 15) is 0 Å². The molecule has 0 aliphatic rings. The topological polar surface area (TPSA) is 17.3 Å². The van der Waals surface area contributed by atoms with E-state index in [1.54, 1.807) is 0 Å². The van der Waals surface area contributed by atoms with Crippen molar-refractivity contribution in [3.63, 3.8) is 0 Å². The maximum atomic E-state index is 4.66. The van der Waals surface area contributed by atoms with Crippen LogP contribution in [0.2, 0.25) is 0 Å². The Balaban J connectivity index is 2.16. The molecule has 0 aliphatic carbocycles. The van der Waals surface area contributed by atoms with Crippen molar-refractivity contribution in [1.29, 1.82) is 0 Å². The highest BCUT2D eigenvalue weighted by Gasteiger charge is 2.05. The molecule has 3 aromatic rings. The molecule has 0 radical (unpaired) electrons. The van der Waals surface area contributed by atoms with E-state index in [4.69, 9.17) is 0 Å². The Labute approximate surface area is 107 Å². The van der Waals surface area contributed by atoms with E-state index in [0.29, 0.717) is 0 Å². The summed E-state index contributed by atoms with van der Waals surface area (Å²) in [6.45, 7) is 6.36. The predicted molar refractivity (Wildman–Crippen MR) is 74.8 cm³/mol. The molecule has 0 aliphatic heterocycles. The summed E-state index contributed by atoms with van der Waals surface area (Å²) in [6.07, 6.45) is 4.19. The molecular formula is C16H16N2. The molecule has 0 fully saturated rings. The van der Waals surface area contributed by atoms with Gasteiger partial charge in [-0.2, -0.15) is 0 Å². The van der Waals surface area contributed by atoms with Crippen LogP contribution in [0.25, 0.3) is 16.9 Å². The van der Waals surface area contributed by atoms with Crippen LogP contribution in [-0.2, 0) is 0 Å². The Kier molecular flexibility index (Phi) is 2.44. The first-order valence-electron chi connectivity index (χ1n) is 6.16. The summed E-state index contributed by atoms with van der Waals surface area (Å²) in [5.41, 5.74) is 7.07. The number of hydrogen-bond acceptors (Lipinski definition) is 1. The summed E-state index contributed by atoms with van der Waals surface area (Å²) in [4.78, 5) is 4.66. The van der Waals surface area contributed by atoms with Crippen LogP contribution in [0, 0.1) is 20.8 Å². The number of aryl methyl sites for hydroxylation is 3. The summed E-state index contributed by atoms with van der Waals surface area (Å²) < 4.78 is 2.08. The molecule has 2 heteroatoms. The van der Waals surface area contributed by atoms with Crippen LogP contribution in [0.15, 0.2) is 42.7 Å². The quantitative estimate of drug-likeness (QED) is 0.626. The fourth-order valence-corrected chi connectivity index (χ4v) is 2.14. The molecule has 0 N–H and O–H groups in total. The van der Waals surface area contributed by atoms with Gasteiger partial charge in [-0.25, -0.2) is 4.98 Å². The number of pyridine rings is 1. The Morgan fingerprint density at radius 1 is 0.889 bits per heavy atom. The molecular weight excluding hydrogens is 220 g/mol. The molecule has 0 unspecified atom stereocenters. The average Bonchev–Trinajstić information content (AvgIpc) is 2.75. The summed E-state index contributed by atoms with van der Waals surface area (Å²) in [5.74, 6) is 0. The minimum Gasteiger partial charge on any atom is -0.306 e. The molecule has 0 spiro atoms. The third kappa shape index (κ3) is 1.80. The Bertz CT molecular complexity index is 723. The number of imidazole rings is 1. The molecule has 0 saturated heterocycles. The second-order valence-corrected chi connectivity index (χ2v) is 4.90. The second kappa shape index (κ2) is 3.98. The summed E-state index contributed by atoms with van der Waals surface area (Å²) in [5, 5.41) is 0. The zero-order chi connectivity index (χ0) is 12.7. The van der Waals surface area contributed by atoms with Gasteiger partial charge in [0.15, 0.2) is 0 Å². The van der Waals surface area contributed by atoms with Crippen LogP contribution in [0.5, 0.6) is 0 Å². The molecule has 90 valence electrons. The molecule has 1 aromatic carbocycles. The number of rotatable bonds is 1. The van der Waals surface area contributed by atoms with E-state index in [1.165, 1.54) is 22.3 Å². The number of hydrogen-bond donors (Lipinski definition) is 0. The van der Waals surface area contributed by atoms with Crippen LogP contribution in [0.1, 0.15) is 16.7 Å². The highest BCUT2D eigenvalue weighted by Crippen LogP contribution is 2.22. The number of fused-ring (bicyclic) bond motifs is 1. The lowest BCUT2D eigenvalue weighted by Crippen LogP contribution is -1.83. The van der Waals surface area contributed by atoms with Gasteiger partial charge in [-0.15, -0.1) is 0 Å². The van der Waals surface area contributed by atoms with Crippen LogP contribution in [0.4, 0.5) is 0 Å². The molecule has 0 atom stereocenters. The first-order chi connectivity index (χ1) is 8.63. The molecule has 0 amide bonds. The SMILES string of the molecule is Cc1ccc2nc(-c3ccc(C)c(C)c3)cn2c1. The van der Waals surface area contributed by atoms with Crippen LogP contribution in [0.3, 0.4) is 0 Å². The van der Waals surface area contributed by atoms with Gasteiger partial charge in [-0.05, 0) is 49.6 Å². The smallest absolute Gasteiger partial charge is 0.137 e. The van der Waals surface area contributed by atoms with Gasteiger partial charge in [-0.1, -0.05) is 18.2 Å². The molecule has 3 rings (SSSR count). The van der Waals surface area contributed by atoms with Crippen molar-refractivity contribution in [2.75, 3.05) is 0 Å². The van der Waals surface area contributed by atoms with E-state index in [-0.39, 0.29) is 0 Å². The van der Waals surface area contributed by atoms with Crippen LogP contribution in [-0.4, -0.2) is 9.38 Å². The minimum absolute atomic E-state index is 0.994. The normalized spacial score (nSPS) is 11.1. The van der Waals surface area contributed by atoms with Crippen molar-refractivity contribution in [3.05, 3.63) is 59.4 Å². The molecule has 2 aromatic heterocycles. The monoisotopic (exact) mass is 236 g/mol. The van der Waals surface area contributed by atoms with Gasteiger partial charge in [0.25, 0.3) is 0 Å². The van der Waals surface area contributed by atoms with Gasteiger partial charge in [0.05, 0.1) is 5.69 Å². The zero-order valence-corrected chi connectivity index (χ0v) is 10.9. The minimum atomic E-state index is 0.994. The van der Waals surface area contributed by atoms with Gasteiger partial charge in [-0.3, -0.25) is 0 Å². The third-order valence-corrected chi connectivity index (χ3v) is 3.40. The zero-order valence-electron chi connectivity index (χ0n) is 10.9. The van der Waals surface area contributed by atoms with Gasteiger partial charge < -0.3 is 4.40 Å². The summed E-state index contributed by atoms with van der Waals surface area (Å²) >= 11 is 0. The lowest BCUT2D eigenvalue weighted by molar-refractivity contribution is 1.16. The average molecular weight is 236 g/mol. The summed E-state index contributed by atoms with van der Waals surface area (Å²) in [7, 11) is 0. The first kappa shape index (κ1) is 11.0. The van der Waals surface area contributed by atoms with Crippen molar-refractivity contribution in [2.45, 2.75) is 20.8 Å². The fraction of sp³-hybridized carbons (Fsp3) is 0.188. The van der Waals surface area contributed by atoms with Crippen molar-refractivity contribution in [3.8, 4) is 11.3 Å². The first-order valence-corrected chi connectivity index (χ1v) is 6.16. The maximum absolute atomic E-state index is 4.66. The van der Waals surface area contributed by atoms with Crippen molar-refractivity contribution >= 4 is 5.65 Å². The highest BCUT2D eigenvalue weighted by molar-refractivity contribution is 5.64. The van der Waals surface area contributed by atoms with E-state index in [2.05, 4.69) is 72.9 Å². The van der Waals surface area contributed by atoms with Gasteiger partial charge in [0.1, 0.15) is 5.65 Å². The molecule has 0 saturated carbocycles. The van der Waals surface area contributed by atoms with E-state index in [1.807, 2.05) is 0 Å². The molecule has 0 bridgehead atoms. The van der Waals surface area contributed by atoms with Crippen LogP contribution < -0.4 is 0 Å². The molecule has 2 heterocycles. The van der Waals surface area contributed by atoms with E-state index in [0.717, 1.165) is 11.3 Å². The number of aromatic nitrogens is 2. The van der Waals surface area contributed by atoms with Gasteiger partial charge in [0.2, 0.25) is 0 Å². The van der Waals surface area contributed by atoms with Crippen molar-refractivity contribution < 1.29 is 0 Å². The lowest BCUT2D eigenvalue weighted by Gasteiger charge is -2.01. The van der Waals surface area contributed by atoms with E-state index < -0.39 is 0 Å². The maximum Gasteiger partial charge on any atom is 0.137 e. The third-order valence-electron chi connectivity index (χ3n) is 3.40. The number of benzene rings is 1. The highest BCUT2D eigenvalue weighted by atomic mass is 15.0. The Hall–Kier alpha value is -2.09. The Morgan fingerprint density at radius 2 is 1.72 bits per heavy atom. The molecule has 18 heavy (non-hydrogen) atoms. The molecule has 2 nitrogen and oxygen atoms in total. The van der Waals surface area contributed by atoms with Gasteiger partial charge in [0, 0.05) is 18.0 Å². The van der Waals surface area contributed by atoms with Crippen molar-refractivity contribution in [2.24, 2.45) is 0 Å². The van der Waals surface area contributed by atoms with Gasteiger partial charge >= 0.3 is 0 Å². The van der Waals surface area contributed by atoms with Crippen LogP contribution >= 0.6 is 0 Å². The summed E-state index contributed by atoms with van der Waals surface area (Å²) in [6, 6.07) is 10.6. The number of nitrogens with zero attached hydrogens (tertiary/aromatic N) is 2. The van der Waals surface area contributed by atoms with E-state index >= 15 is 0 Å².